The highest BCUT2D eigenvalue weighted by Gasteiger charge is 2.46. The number of piperidine rings is 1. The summed E-state index contributed by atoms with van der Waals surface area (Å²) in [7, 11) is 0. The van der Waals surface area contributed by atoms with Gasteiger partial charge in [-0.3, -0.25) is 4.79 Å². The van der Waals surface area contributed by atoms with Crippen LogP contribution in [0.15, 0.2) is 24.3 Å². The fraction of sp³-hybridized carbons (Fsp3) is 0.533. The van der Waals surface area contributed by atoms with Crippen molar-refractivity contribution in [2.24, 2.45) is 11.7 Å². The Morgan fingerprint density at radius 2 is 2.00 bits per heavy atom. The third-order valence-corrected chi connectivity index (χ3v) is 4.18. The van der Waals surface area contributed by atoms with Crippen LogP contribution in [-0.4, -0.2) is 29.9 Å². The van der Waals surface area contributed by atoms with Gasteiger partial charge in [0.1, 0.15) is 5.82 Å². The van der Waals surface area contributed by atoms with E-state index in [1.54, 1.807) is 12.1 Å². The lowest BCUT2D eigenvalue weighted by Gasteiger charge is -2.31. The zero-order chi connectivity index (χ0) is 13.4. The smallest absolute Gasteiger partial charge is 0.226 e. The normalized spacial score (nSPS) is 28.7. The Bertz CT molecular complexity index is 479. The summed E-state index contributed by atoms with van der Waals surface area (Å²) in [6.07, 6.45) is 2.90. The van der Waals surface area contributed by atoms with Gasteiger partial charge in [0.25, 0.3) is 0 Å². The third-order valence-electron chi connectivity index (χ3n) is 4.18. The molecular formula is C15H20ClFN2O. The number of hydrogen-bond acceptors (Lipinski definition) is 2. The SMILES string of the molecule is Cl.NC1CCCN(C(=O)C2CC2c2ccc(F)cc2)C1. The Morgan fingerprint density at radius 1 is 1.30 bits per heavy atom. The molecule has 0 aromatic heterocycles. The molecule has 2 aliphatic rings. The van der Waals surface area contributed by atoms with Gasteiger partial charge in [-0.25, -0.2) is 4.39 Å². The number of benzene rings is 1. The van der Waals surface area contributed by atoms with Crippen LogP contribution in [0.2, 0.25) is 0 Å². The number of nitrogens with zero attached hydrogens (tertiary/aromatic N) is 1. The van der Waals surface area contributed by atoms with Crippen LogP contribution in [0.25, 0.3) is 0 Å². The summed E-state index contributed by atoms with van der Waals surface area (Å²) in [4.78, 5) is 14.3. The number of carbonyl (C=O) groups excluding carboxylic acids is 1. The number of hydrogen-bond donors (Lipinski definition) is 1. The second kappa shape index (κ2) is 6.10. The summed E-state index contributed by atoms with van der Waals surface area (Å²) < 4.78 is 12.9. The molecule has 1 saturated carbocycles. The maximum absolute atomic E-state index is 12.9. The Kier molecular flexibility index (Phi) is 4.66. The van der Waals surface area contributed by atoms with Crippen molar-refractivity contribution in [1.82, 2.24) is 4.90 Å². The summed E-state index contributed by atoms with van der Waals surface area (Å²) in [6, 6.07) is 6.63. The molecule has 1 amide bonds. The van der Waals surface area contributed by atoms with Gasteiger partial charge < -0.3 is 10.6 Å². The van der Waals surface area contributed by atoms with Crippen molar-refractivity contribution in [2.45, 2.75) is 31.2 Å². The van der Waals surface area contributed by atoms with Gasteiger partial charge in [-0.1, -0.05) is 12.1 Å². The van der Waals surface area contributed by atoms with Gasteiger partial charge in [-0.05, 0) is 42.9 Å². The first kappa shape index (κ1) is 15.3. The number of halogens is 2. The molecule has 3 rings (SSSR count). The van der Waals surface area contributed by atoms with Crippen LogP contribution in [-0.2, 0) is 4.79 Å². The van der Waals surface area contributed by atoms with E-state index >= 15 is 0 Å². The van der Waals surface area contributed by atoms with Gasteiger partial charge in [0.05, 0.1) is 0 Å². The van der Waals surface area contributed by atoms with Gasteiger partial charge in [0, 0.05) is 25.0 Å². The van der Waals surface area contributed by atoms with Crippen LogP contribution in [0, 0.1) is 11.7 Å². The van der Waals surface area contributed by atoms with Crippen molar-refractivity contribution in [3.8, 4) is 0 Å². The molecule has 5 heteroatoms. The highest BCUT2D eigenvalue weighted by Crippen LogP contribution is 2.48. The molecule has 1 heterocycles. The van der Waals surface area contributed by atoms with E-state index in [1.807, 2.05) is 4.90 Å². The highest BCUT2D eigenvalue weighted by atomic mass is 35.5. The number of carbonyl (C=O) groups is 1. The number of rotatable bonds is 2. The molecule has 3 atom stereocenters. The van der Waals surface area contributed by atoms with Gasteiger partial charge in [-0.2, -0.15) is 0 Å². The minimum Gasteiger partial charge on any atom is -0.341 e. The van der Waals surface area contributed by atoms with E-state index in [9.17, 15) is 9.18 Å². The standard InChI is InChI=1S/C15H19FN2O.ClH/c16-11-5-3-10(4-6-11)13-8-14(13)15(19)18-7-1-2-12(17)9-18;/h3-6,12-14H,1-2,7-9,17H2;1H. The average molecular weight is 299 g/mol. The van der Waals surface area contributed by atoms with Crippen LogP contribution in [0.5, 0.6) is 0 Å². The molecule has 20 heavy (non-hydrogen) atoms. The quantitative estimate of drug-likeness (QED) is 0.911. The fourth-order valence-corrected chi connectivity index (χ4v) is 2.99. The second-order valence-electron chi connectivity index (χ2n) is 5.69. The fourth-order valence-electron chi connectivity index (χ4n) is 2.99. The molecule has 0 bridgehead atoms. The molecular weight excluding hydrogens is 279 g/mol. The third kappa shape index (κ3) is 3.13. The van der Waals surface area contributed by atoms with Crippen LogP contribution >= 0.6 is 12.4 Å². The predicted octanol–water partition coefficient (Wildman–Crippen LogP) is 2.30. The lowest BCUT2D eigenvalue weighted by Crippen LogP contribution is -2.46. The summed E-state index contributed by atoms with van der Waals surface area (Å²) in [5.41, 5.74) is 6.98. The van der Waals surface area contributed by atoms with Crippen LogP contribution in [0.1, 0.15) is 30.7 Å². The molecule has 1 aliphatic carbocycles. The van der Waals surface area contributed by atoms with E-state index in [1.165, 1.54) is 12.1 Å². The van der Waals surface area contributed by atoms with Crippen molar-refractivity contribution in [3.05, 3.63) is 35.6 Å². The molecule has 2 N–H and O–H groups in total. The highest BCUT2D eigenvalue weighted by molar-refractivity contribution is 5.85. The lowest BCUT2D eigenvalue weighted by molar-refractivity contribution is -0.133. The zero-order valence-electron chi connectivity index (χ0n) is 11.3. The molecule has 0 spiro atoms. The Labute approximate surface area is 124 Å². The van der Waals surface area contributed by atoms with E-state index in [0.29, 0.717) is 6.54 Å². The maximum Gasteiger partial charge on any atom is 0.226 e. The summed E-state index contributed by atoms with van der Waals surface area (Å²) in [5, 5.41) is 0. The molecule has 0 radical (unpaired) electrons. The Morgan fingerprint density at radius 3 is 2.65 bits per heavy atom. The van der Waals surface area contributed by atoms with Gasteiger partial charge >= 0.3 is 0 Å². The molecule has 1 aliphatic heterocycles. The van der Waals surface area contributed by atoms with E-state index in [0.717, 1.165) is 31.4 Å². The topological polar surface area (TPSA) is 46.3 Å². The van der Waals surface area contributed by atoms with Crippen LogP contribution in [0.3, 0.4) is 0 Å². The van der Waals surface area contributed by atoms with Gasteiger partial charge in [0.2, 0.25) is 5.91 Å². The molecule has 3 unspecified atom stereocenters. The predicted molar refractivity (Wildman–Crippen MR) is 78.3 cm³/mol. The van der Waals surface area contributed by atoms with E-state index in [2.05, 4.69) is 0 Å². The summed E-state index contributed by atoms with van der Waals surface area (Å²) >= 11 is 0. The monoisotopic (exact) mass is 298 g/mol. The van der Waals surface area contributed by atoms with Crippen molar-refractivity contribution in [3.63, 3.8) is 0 Å². The molecule has 1 saturated heterocycles. The van der Waals surface area contributed by atoms with E-state index in [4.69, 9.17) is 5.73 Å². The van der Waals surface area contributed by atoms with Gasteiger partial charge in [-0.15, -0.1) is 12.4 Å². The van der Waals surface area contributed by atoms with Crippen molar-refractivity contribution in [2.75, 3.05) is 13.1 Å². The van der Waals surface area contributed by atoms with Crippen LogP contribution < -0.4 is 5.73 Å². The van der Waals surface area contributed by atoms with Gasteiger partial charge in [0.15, 0.2) is 0 Å². The van der Waals surface area contributed by atoms with E-state index in [-0.39, 0.29) is 42.0 Å². The Balaban J connectivity index is 0.00000147. The largest absolute Gasteiger partial charge is 0.341 e. The van der Waals surface area contributed by atoms with Crippen molar-refractivity contribution >= 4 is 18.3 Å². The lowest BCUT2D eigenvalue weighted by atomic mass is 10.0. The number of amides is 1. The summed E-state index contributed by atoms with van der Waals surface area (Å²) in [6.45, 7) is 1.52. The molecule has 110 valence electrons. The Hall–Kier alpha value is -1.13. The minimum atomic E-state index is -0.228. The van der Waals surface area contributed by atoms with Crippen molar-refractivity contribution < 1.29 is 9.18 Å². The first-order chi connectivity index (χ1) is 9.15. The molecule has 3 nitrogen and oxygen atoms in total. The van der Waals surface area contributed by atoms with Crippen LogP contribution in [0.4, 0.5) is 4.39 Å². The number of likely N-dealkylation sites (tertiary alicyclic amines) is 1. The first-order valence-corrected chi connectivity index (χ1v) is 6.95. The second-order valence-corrected chi connectivity index (χ2v) is 5.69. The molecule has 1 aromatic carbocycles. The molecule has 2 fully saturated rings. The minimum absolute atomic E-state index is 0. The van der Waals surface area contributed by atoms with E-state index < -0.39 is 0 Å². The first-order valence-electron chi connectivity index (χ1n) is 6.95. The zero-order valence-corrected chi connectivity index (χ0v) is 12.1. The molecule has 1 aromatic rings. The average Bonchev–Trinajstić information content (AvgIpc) is 3.19. The number of nitrogens with two attached hydrogens (primary N) is 1. The maximum atomic E-state index is 12.9. The summed E-state index contributed by atoms with van der Waals surface area (Å²) in [5.74, 6) is 0.348. The van der Waals surface area contributed by atoms with Crippen molar-refractivity contribution in [1.29, 1.82) is 0 Å².